The maximum absolute atomic E-state index is 11.7. The van der Waals surface area contributed by atoms with Gasteiger partial charge in [-0.2, -0.15) is 0 Å². The zero-order chi connectivity index (χ0) is 12.9. The molecule has 0 heterocycles. The summed E-state index contributed by atoms with van der Waals surface area (Å²) in [6, 6.07) is 0.506. The zero-order valence-electron chi connectivity index (χ0n) is 11.5. The molecule has 4 heteroatoms. The van der Waals surface area contributed by atoms with Crippen molar-refractivity contribution in [3.63, 3.8) is 0 Å². The molecule has 2 unspecified atom stereocenters. The van der Waals surface area contributed by atoms with Crippen molar-refractivity contribution < 1.29 is 4.79 Å². The molecule has 1 aliphatic carbocycles. The van der Waals surface area contributed by atoms with Gasteiger partial charge in [0.2, 0.25) is 5.91 Å². The molecular formula is C13H27N3O. The molecule has 0 aromatic heterocycles. The van der Waals surface area contributed by atoms with Crippen molar-refractivity contribution >= 4 is 5.91 Å². The van der Waals surface area contributed by atoms with Crippen LogP contribution in [0.4, 0.5) is 0 Å². The van der Waals surface area contributed by atoms with Gasteiger partial charge in [0.25, 0.3) is 0 Å². The maximum atomic E-state index is 11.7. The molecule has 0 saturated heterocycles. The predicted molar refractivity (Wildman–Crippen MR) is 70.8 cm³/mol. The van der Waals surface area contributed by atoms with Gasteiger partial charge < -0.3 is 16.0 Å². The first-order chi connectivity index (χ1) is 8.09. The highest BCUT2D eigenvalue weighted by atomic mass is 16.1. The molecule has 17 heavy (non-hydrogen) atoms. The van der Waals surface area contributed by atoms with Crippen LogP contribution in [-0.4, -0.2) is 42.0 Å². The van der Waals surface area contributed by atoms with Crippen molar-refractivity contribution in [1.29, 1.82) is 0 Å². The Labute approximate surface area is 105 Å². The molecule has 4 nitrogen and oxygen atoms in total. The average Bonchev–Trinajstić information content (AvgIpc) is 2.72. The summed E-state index contributed by atoms with van der Waals surface area (Å²) in [5.74, 6) is -0.186. The second kappa shape index (κ2) is 6.36. The molecule has 0 aromatic carbocycles. The van der Waals surface area contributed by atoms with Crippen LogP contribution in [-0.2, 0) is 4.79 Å². The minimum absolute atomic E-state index is 0.186. The van der Waals surface area contributed by atoms with Gasteiger partial charge in [-0.1, -0.05) is 20.8 Å². The highest BCUT2D eigenvalue weighted by Crippen LogP contribution is 2.33. The lowest BCUT2D eigenvalue weighted by atomic mass is 9.96. The first-order valence-corrected chi connectivity index (χ1v) is 6.88. The monoisotopic (exact) mass is 241 g/mol. The van der Waals surface area contributed by atoms with Crippen molar-refractivity contribution in [3.05, 3.63) is 0 Å². The van der Waals surface area contributed by atoms with E-state index in [1.807, 2.05) is 6.92 Å². The number of rotatable bonds is 7. The van der Waals surface area contributed by atoms with Crippen molar-refractivity contribution in [1.82, 2.24) is 10.2 Å². The first-order valence-electron chi connectivity index (χ1n) is 6.88. The van der Waals surface area contributed by atoms with Gasteiger partial charge in [-0.15, -0.1) is 0 Å². The summed E-state index contributed by atoms with van der Waals surface area (Å²) < 4.78 is 0. The number of carbonyl (C=O) groups excluding carboxylic acids is 1. The zero-order valence-corrected chi connectivity index (χ0v) is 11.5. The highest BCUT2D eigenvalue weighted by molar-refractivity contribution is 5.85. The van der Waals surface area contributed by atoms with E-state index in [9.17, 15) is 4.79 Å². The molecular weight excluding hydrogens is 214 g/mol. The van der Waals surface area contributed by atoms with Gasteiger partial charge in [0.05, 0.1) is 5.54 Å². The molecule has 3 N–H and O–H groups in total. The molecule has 0 spiro atoms. The Morgan fingerprint density at radius 2 is 2.18 bits per heavy atom. The molecule has 0 aliphatic heterocycles. The highest BCUT2D eigenvalue weighted by Gasteiger charge is 2.44. The van der Waals surface area contributed by atoms with Gasteiger partial charge >= 0.3 is 0 Å². The number of nitrogens with two attached hydrogens (primary N) is 1. The average molecular weight is 241 g/mol. The Bertz CT molecular complexity index is 257. The summed E-state index contributed by atoms with van der Waals surface area (Å²) in [6.45, 7) is 9.38. The van der Waals surface area contributed by atoms with E-state index in [1.165, 1.54) is 0 Å². The molecule has 0 radical (unpaired) electrons. The van der Waals surface area contributed by atoms with E-state index in [4.69, 9.17) is 5.73 Å². The van der Waals surface area contributed by atoms with Crippen molar-refractivity contribution in [2.45, 2.75) is 58.0 Å². The third-order valence-corrected chi connectivity index (χ3v) is 3.91. The Balaban J connectivity index is 2.68. The molecule has 100 valence electrons. The molecule has 1 saturated carbocycles. The number of hydrogen-bond donors (Lipinski definition) is 2. The largest absolute Gasteiger partial charge is 0.368 e. The van der Waals surface area contributed by atoms with Gasteiger partial charge in [0.1, 0.15) is 0 Å². The van der Waals surface area contributed by atoms with Crippen LogP contribution in [0.1, 0.15) is 46.5 Å². The van der Waals surface area contributed by atoms with E-state index in [0.29, 0.717) is 6.04 Å². The summed E-state index contributed by atoms with van der Waals surface area (Å²) in [7, 11) is 0. The number of hydrogen-bond acceptors (Lipinski definition) is 3. The van der Waals surface area contributed by atoms with E-state index < -0.39 is 5.54 Å². The van der Waals surface area contributed by atoms with E-state index in [2.05, 4.69) is 24.1 Å². The van der Waals surface area contributed by atoms with E-state index in [0.717, 1.165) is 45.3 Å². The quantitative estimate of drug-likeness (QED) is 0.702. The smallest absolute Gasteiger partial charge is 0.237 e. The Morgan fingerprint density at radius 1 is 1.47 bits per heavy atom. The topological polar surface area (TPSA) is 58.4 Å². The predicted octanol–water partition coefficient (Wildman–Crippen LogP) is 1.10. The van der Waals surface area contributed by atoms with Gasteiger partial charge in [-0.3, -0.25) is 4.79 Å². The number of likely N-dealkylation sites (N-methyl/N-ethyl adjacent to an activating group) is 1. The summed E-state index contributed by atoms with van der Waals surface area (Å²) in [5, 5.41) is 3.31. The lowest BCUT2D eigenvalue weighted by molar-refractivity contribution is -0.124. The SMILES string of the molecule is CCCN(CC)C1CCC(NCC)(C(N)=O)C1. The molecule has 1 rings (SSSR count). The fourth-order valence-electron chi connectivity index (χ4n) is 3.03. The number of carbonyl (C=O) groups is 1. The lowest BCUT2D eigenvalue weighted by Crippen LogP contribution is -2.54. The van der Waals surface area contributed by atoms with Crippen molar-refractivity contribution in [2.24, 2.45) is 5.73 Å². The number of primary amides is 1. The molecule has 2 atom stereocenters. The minimum atomic E-state index is -0.458. The molecule has 1 fully saturated rings. The van der Waals surface area contributed by atoms with Crippen LogP contribution in [0.15, 0.2) is 0 Å². The normalized spacial score (nSPS) is 28.8. The Kier molecular flexibility index (Phi) is 5.40. The van der Waals surface area contributed by atoms with Gasteiger partial charge in [0, 0.05) is 6.04 Å². The Morgan fingerprint density at radius 3 is 2.65 bits per heavy atom. The fourth-order valence-corrected chi connectivity index (χ4v) is 3.03. The molecule has 0 aromatic rings. The number of nitrogens with zero attached hydrogens (tertiary/aromatic N) is 1. The van der Waals surface area contributed by atoms with Crippen LogP contribution in [0, 0.1) is 0 Å². The van der Waals surface area contributed by atoms with Crippen molar-refractivity contribution in [2.75, 3.05) is 19.6 Å². The fraction of sp³-hybridized carbons (Fsp3) is 0.923. The third-order valence-electron chi connectivity index (χ3n) is 3.91. The van der Waals surface area contributed by atoms with Crippen LogP contribution in [0.2, 0.25) is 0 Å². The molecule has 1 amide bonds. The van der Waals surface area contributed by atoms with Gasteiger partial charge in [-0.05, 0) is 45.3 Å². The second-order valence-corrected chi connectivity index (χ2v) is 5.00. The van der Waals surface area contributed by atoms with Crippen LogP contribution >= 0.6 is 0 Å². The number of amides is 1. The van der Waals surface area contributed by atoms with Crippen LogP contribution in [0.3, 0.4) is 0 Å². The summed E-state index contributed by atoms with van der Waals surface area (Å²) in [4.78, 5) is 14.1. The van der Waals surface area contributed by atoms with Crippen LogP contribution in [0.25, 0.3) is 0 Å². The lowest BCUT2D eigenvalue weighted by Gasteiger charge is -2.30. The van der Waals surface area contributed by atoms with Crippen molar-refractivity contribution in [3.8, 4) is 0 Å². The van der Waals surface area contributed by atoms with E-state index in [-0.39, 0.29) is 5.91 Å². The van der Waals surface area contributed by atoms with Gasteiger partial charge in [0.15, 0.2) is 0 Å². The van der Waals surface area contributed by atoms with Crippen LogP contribution in [0.5, 0.6) is 0 Å². The summed E-state index contributed by atoms with van der Waals surface area (Å²) in [6.07, 6.45) is 3.98. The third kappa shape index (κ3) is 3.19. The van der Waals surface area contributed by atoms with E-state index >= 15 is 0 Å². The van der Waals surface area contributed by atoms with Crippen LogP contribution < -0.4 is 11.1 Å². The summed E-state index contributed by atoms with van der Waals surface area (Å²) >= 11 is 0. The molecule has 1 aliphatic rings. The second-order valence-electron chi connectivity index (χ2n) is 5.00. The molecule has 0 bridgehead atoms. The Hall–Kier alpha value is -0.610. The maximum Gasteiger partial charge on any atom is 0.237 e. The van der Waals surface area contributed by atoms with E-state index in [1.54, 1.807) is 0 Å². The number of nitrogens with one attached hydrogen (secondary N) is 1. The first kappa shape index (κ1) is 14.5. The summed E-state index contributed by atoms with van der Waals surface area (Å²) in [5.41, 5.74) is 5.12. The minimum Gasteiger partial charge on any atom is -0.368 e. The standard InChI is InChI=1S/C13H27N3O/c1-4-9-16(6-3)11-7-8-13(10-11,12(14)17)15-5-2/h11,15H,4-10H2,1-3H3,(H2,14,17). The van der Waals surface area contributed by atoms with Gasteiger partial charge in [-0.25, -0.2) is 0 Å².